The van der Waals surface area contributed by atoms with Crippen molar-refractivity contribution in [2.75, 3.05) is 13.6 Å². The maximum Gasteiger partial charge on any atom is 0.191 e. The smallest absolute Gasteiger partial charge is 0.191 e. The van der Waals surface area contributed by atoms with Crippen LogP contribution in [0.15, 0.2) is 28.0 Å². The molecule has 0 bridgehead atoms. The van der Waals surface area contributed by atoms with E-state index in [4.69, 9.17) is 4.42 Å². The first-order chi connectivity index (χ1) is 9.69. The van der Waals surface area contributed by atoms with Crippen molar-refractivity contribution in [1.29, 1.82) is 0 Å². The lowest BCUT2D eigenvalue weighted by Gasteiger charge is -2.10. The van der Waals surface area contributed by atoms with Crippen molar-refractivity contribution in [3.63, 3.8) is 0 Å². The van der Waals surface area contributed by atoms with Crippen LogP contribution in [0, 0.1) is 13.8 Å². The zero-order valence-electron chi connectivity index (χ0n) is 12.5. The number of aromatic nitrogens is 1. The fourth-order valence-electron chi connectivity index (χ4n) is 1.90. The van der Waals surface area contributed by atoms with Crippen molar-refractivity contribution < 1.29 is 4.42 Å². The molecule has 0 fully saturated rings. The molecule has 0 radical (unpaired) electrons. The minimum atomic E-state index is 0. The first-order valence-corrected chi connectivity index (χ1v) is 7.39. The lowest BCUT2D eigenvalue weighted by molar-refractivity contribution is 0.563. The van der Waals surface area contributed by atoms with Crippen LogP contribution in [-0.2, 0) is 13.0 Å². The highest BCUT2D eigenvalue weighted by molar-refractivity contribution is 14.0. The average molecular weight is 420 g/mol. The van der Waals surface area contributed by atoms with Crippen LogP contribution in [0.4, 0.5) is 0 Å². The number of thiazole rings is 1. The second-order valence-electron chi connectivity index (χ2n) is 4.48. The van der Waals surface area contributed by atoms with Crippen molar-refractivity contribution in [1.82, 2.24) is 15.6 Å². The number of hydrogen-bond donors (Lipinski definition) is 2. The van der Waals surface area contributed by atoms with E-state index in [-0.39, 0.29) is 24.0 Å². The van der Waals surface area contributed by atoms with Gasteiger partial charge in [-0.15, -0.1) is 35.3 Å². The van der Waals surface area contributed by atoms with Gasteiger partial charge in [-0.25, -0.2) is 4.98 Å². The highest BCUT2D eigenvalue weighted by Gasteiger charge is 2.05. The van der Waals surface area contributed by atoms with Crippen LogP contribution < -0.4 is 10.6 Å². The van der Waals surface area contributed by atoms with Gasteiger partial charge < -0.3 is 15.1 Å². The fraction of sp³-hybridized carbons (Fsp3) is 0.429. The third-order valence-electron chi connectivity index (χ3n) is 2.91. The molecule has 0 saturated heterocycles. The van der Waals surface area contributed by atoms with Gasteiger partial charge in [0, 0.05) is 37.0 Å². The number of hydrogen-bond acceptors (Lipinski definition) is 4. The number of aryl methyl sites for hydroxylation is 2. The summed E-state index contributed by atoms with van der Waals surface area (Å²) in [5.74, 6) is 0.796. The molecule has 0 aromatic carbocycles. The topological polar surface area (TPSA) is 62.5 Å². The standard InChI is InChI=1S/C14H20N4OS.HI/c1-10-13(20-11(2)18-10)4-6-16-14(15-3)17-8-12-5-7-19-9-12;/h5,7,9H,4,6,8H2,1-3H3,(H2,15,16,17);1H. The molecule has 0 aliphatic heterocycles. The zero-order valence-corrected chi connectivity index (χ0v) is 15.6. The minimum Gasteiger partial charge on any atom is -0.472 e. The Kier molecular flexibility index (Phi) is 7.73. The summed E-state index contributed by atoms with van der Waals surface area (Å²) < 4.78 is 5.03. The van der Waals surface area contributed by atoms with E-state index in [1.807, 2.05) is 13.0 Å². The predicted octanol–water partition coefficient (Wildman–Crippen LogP) is 2.88. The van der Waals surface area contributed by atoms with Gasteiger partial charge in [0.25, 0.3) is 0 Å². The highest BCUT2D eigenvalue weighted by atomic mass is 127. The monoisotopic (exact) mass is 420 g/mol. The van der Waals surface area contributed by atoms with Crippen LogP contribution in [-0.4, -0.2) is 24.5 Å². The van der Waals surface area contributed by atoms with Crippen LogP contribution in [0.25, 0.3) is 0 Å². The Balaban J connectivity index is 0.00000220. The predicted molar refractivity (Wildman–Crippen MR) is 97.6 cm³/mol. The second kappa shape index (κ2) is 9.04. The van der Waals surface area contributed by atoms with Gasteiger partial charge >= 0.3 is 0 Å². The summed E-state index contributed by atoms with van der Waals surface area (Å²) in [5.41, 5.74) is 2.23. The maximum atomic E-state index is 5.03. The van der Waals surface area contributed by atoms with Gasteiger partial charge in [0.1, 0.15) is 0 Å². The molecule has 0 unspecified atom stereocenters. The van der Waals surface area contributed by atoms with Gasteiger partial charge in [-0.2, -0.15) is 0 Å². The molecule has 7 heteroatoms. The Morgan fingerprint density at radius 1 is 1.38 bits per heavy atom. The first kappa shape index (κ1) is 18.0. The molecule has 2 heterocycles. The lowest BCUT2D eigenvalue weighted by Crippen LogP contribution is -2.37. The molecule has 2 N–H and O–H groups in total. The average Bonchev–Trinajstić information content (AvgIpc) is 3.04. The van der Waals surface area contributed by atoms with Gasteiger partial charge in [0.15, 0.2) is 5.96 Å². The van der Waals surface area contributed by atoms with E-state index in [1.54, 1.807) is 30.9 Å². The molecule has 2 aromatic rings. The summed E-state index contributed by atoms with van der Waals surface area (Å²) in [7, 11) is 1.77. The lowest BCUT2D eigenvalue weighted by atomic mass is 10.3. The summed E-state index contributed by atoms with van der Waals surface area (Å²) in [5, 5.41) is 7.67. The number of halogens is 1. The summed E-state index contributed by atoms with van der Waals surface area (Å²) in [6.07, 6.45) is 4.36. The van der Waals surface area contributed by atoms with Crippen LogP contribution in [0.5, 0.6) is 0 Å². The molecule has 2 rings (SSSR count). The van der Waals surface area contributed by atoms with Crippen LogP contribution in [0.3, 0.4) is 0 Å². The zero-order chi connectivity index (χ0) is 14.4. The van der Waals surface area contributed by atoms with Crippen LogP contribution >= 0.6 is 35.3 Å². The van der Waals surface area contributed by atoms with E-state index in [1.165, 1.54) is 4.88 Å². The quantitative estimate of drug-likeness (QED) is 0.444. The van der Waals surface area contributed by atoms with Gasteiger partial charge in [0.2, 0.25) is 0 Å². The van der Waals surface area contributed by atoms with Gasteiger partial charge in [-0.1, -0.05) is 0 Å². The molecular formula is C14H21IN4OS. The Bertz CT molecular complexity index is 566. The fourth-order valence-corrected chi connectivity index (χ4v) is 2.84. The van der Waals surface area contributed by atoms with E-state index in [0.717, 1.165) is 35.2 Å². The Morgan fingerprint density at radius 2 is 2.19 bits per heavy atom. The van der Waals surface area contributed by atoms with E-state index in [9.17, 15) is 0 Å². The van der Waals surface area contributed by atoms with Gasteiger partial charge in [-0.3, -0.25) is 4.99 Å². The summed E-state index contributed by atoms with van der Waals surface area (Å²) >= 11 is 1.76. The summed E-state index contributed by atoms with van der Waals surface area (Å²) in [6, 6.07) is 1.93. The van der Waals surface area contributed by atoms with E-state index in [2.05, 4.69) is 27.5 Å². The number of furan rings is 1. The number of rotatable bonds is 5. The van der Waals surface area contributed by atoms with Crippen molar-refractivity contribution in [3.05, 3.63) is 39.7 Å². The molecule has 2 aromatic heterocycles. The third-order valence-corrected chi connectivity index (χ3v) is 4.04. The van der Waals surface area contributed by atoms with Crippen molar-refractivity contribution in [2.45, 2.75) is 26.8 Å². The molecule has 5 nitrogen and oxygen atoms in total. The first-order valence-electron chi connectivity index (χ1n) is 6.57. The largest absolute Gasteiger partial charge is 0.472 e. The van der Waals surface area contributed by atoms with Crippen molar-refractivity contribution >= 4 is 41.3 Å². The normalized spacial score (nSPS) is 11.1. The molecule has 0 aliphatic carbocycles. The van der Waals surface area contributed by atoms with Crippen LogP contribution in [0.1, 0.15) is 21.1 Å². The molecule has 0 atom stereocenters. The van der Waals surface area contributed by atoms with Gasteiger partial charge in [-0.05, 0) is 19.9 Å². The number of nitrogens with one attached hydrogen (secondary N) is 2. The SMILES string of the molecule is CN=C(NCCc1sc(C)nc1C)NCc1ccoc1.I. The summed E-state index contributed by atoms with van der Waals surface area (Å²) in [4.78, 5) is 9.97. The molecule has 0 spiro atoms. The molecular weight excluding hydrogens is 399 g/mol. The molecule has 0 amide bonds. The Morgan fingerprint density at radius 3 is 2.76 bits per heavy atom. The molecule has 0 saturated carbocycles. The maximum absolute atomic E-state index is 5.03. The van der Waals surface area contributed by atoms with Crippen molar-refractivity contribution in [3.8, 4) is 0 Å². The summed E-state index contributed by atoms with van der Waals surface area (Å²) in [6.45, 7) is 5.65. The van der Waals surface area contributed by atoms with E-state index < -0.39 is 0 Å². The van der Waals surface area contributed by atoms with Crippen molar-refractivity contribution in [2.24, 2.45) is 4.99 Å². The third kappa shape index (κ3) is 5.66. The highest BCUT2D eigenvalue weighted by Crippen LogP contribution is 2.16. The van der Waals surface area contributed by atoms with Crippen LogP contribution in [0.2, 0.25) is 0 Å². The van der Waals surface area contributed by atoms with E-state index >= 15 is 0 Å². The second-order valence-corrected chi connectivity index (χ2v) is 5.76. The molecule has 116 valence electrons. The number of guanidine groups is 1. The minimum absolute atomic E-state index is 0. The number of nitrogens with zero attached hydrogens (tertiary/aromatic N) is 2. The van der Waals surface area contributed by atoms with E-state index in [0.29, 0.717) is 6.54 Å². The number of aliphatic imine (C=N–C) groups is 1. The molecule has 21 heavy (non-hydrogen) atoms. The van der Waals surface area contributed by atoms with Gasteiger partial charge in [0.05, 0.1) is 23.2 Å². The Labute approximate surface area is 146 Å². The Hall–Kier alpha value is -1.09. The molecule has 0 aliphatic rings.